The fraction of sp³-hybridized carbons (Fsp3) is 0.500. The topological polar surface area (TPSA) is 75.5 Å². The molecule has 6 heteroatoms. The molecule has 1 N–H and O–H groups in total. The van der Waals surface area contributed by atoms with Gasteiger partial charge in [-0.3, -0.25) is 10.1 Å². The van der Waals surface area contributed by atoms with Crippen LogP contribution in [0.4, 0.5) is 10.5 Å². The summed E-state index contributed by atoms with van der Waals surface area (Å²) in [6.07, 6.45) is 3.17. The van der Waals surface area contributed by atoms with Gasteiger partial charge in [-0.1, -0.05) is 31.9 Å². The van der Waals surface area contributed by atoms with Crippen molar-refractivity contribution < 1.29 is 9.72 Å². The van der Waals surface area contributed by atoms with Crippen LogP contribution in [0.15, 0.2) is 24.3 Å². The zero-order chi connectivity index (χ0) is 15.0. The molecule has 20 heavy (non-hydrogen) atoms. The Labute approximate surface area is 118 Å². The summed E-state index contributed by atoms with van der Waals surface area (Å²) in [4.78, 5) is 23.6. The van der Waals surface area contributed by atoms with Crippen LogP contribution in [0, 0.1) is 10.1 Å². The van der Waals surface area contributed by atoms with Crippen LogP contribution in [0.2, 0.25) is 0 Å². The highest BCUT2D eigenvalue weighted by molar-refractivity contribution is 5.73. The number of carbonyl (C=O) groups is 1. The Bertz CT molecular complexity index is 463. The third-order valence-electron chi connectivity index (χ3n) is 2.94. The van der Waals surface area contributed by atoms with Crippen molar-refractivity contribution in [1.29, 1.82) is 0 Å². The van der Waals surface area contributed by atoms with Gasteiger partial charge in [0.25, 0.3) is 5.69 Å². The number of nitro groups is 1. The van der Waals surface area contributed by atoms with E-state index in [4.69, 9.17) is 0 Å². The van der Waals surface area contributed by atoms with Crippen molar-refractivity contribution in [1.82, 2.24) is 10.2 Å². The molecule has 6 nitrogen and oxygen atoms in total. The molecule has 1 rings (SSSR count). The Balaban J connectivity index is 2.48. The molecule has 1 aromatic rings. The molecular formula is C14H21N3O3. The standard InChI is InChI=1S/C14H21N3O3/c1-3-4-5-9-15-14(18)16(2)11-12-7-6-8-13(10-12)17(19)20/h6-8,10H,3-5,9,11H2,1-2H3,(H,15,18). The van der Waals surface area contributed by atoms with Gasteiger partial charge in [0.1, 0.15) is 0 Å². The molecule has 0 unspecified atom stereocenters. The van der Waals surface area contributed by atoms with Crippen LogP contribution in [0.5, 0.6) is 0 Å². The first-order valence-corrected chi connectivity index (χ1v) is 6.77. The van der Waals surface area contributed by atoms with E-state index < -0.39 is 4.92 Å². The number of hydrogen-bond acceptors (Lipinski definition) is 3. The first-order valence-electron chi connectivity index (χ1n) is 6.77. The highest BCUT2D eigenvalue weighted by Gasteiger charge is 2.11. The van der Waals surface area contributed by atoms with Crippen LogP contribution in [-0.2, 0) is 6.54 Å². The molecule has 1 aromatic carbocycles. The summed E-state index contributed by atoms with van der Waals surface area (Å²) in [5.74, 6) is 0. The lowest BCUT2D eigenvalue weighted by Crippen LogP contribution is -2.37. The van der Waals surface area contributed by atoms with Crippen molar-refractivity contribution in [2.24, 2.45) is 0 Å². The summed E-state index contributed by atoms with van der Waals surface area (Å²) >= 11 is 0. The van der Waals surface area contributed by atoms with E-state index in [0.29, 0.717) is 13.1 Å². The van der Waals surface area contributed by atoms with Crippen molar-refractivity contribution in [3.8, 4) is 0 Å². The van der Waals surface area contributed by atoms with Gasteiger partial charge in [-0.2, -0.15) is 0 Å². The minimum absolute atomic E-state index is 0.0410. The molecule has 0 fully saturated rings. The van der Waals surface area contributed by atoms with Crippen LogP contribution in [0.3, 0.4) is 0 Å². The molecule has 0 aliphatic rings. The first-order chi connectivity index (χ1) is 9.54. The normalized spacial score (nSPS) is 10.1. The van der Waals surface area contributed by atoms with Gasteiger partial charge in [0.15, 0.2) is 0 Å². The lowest BCUT2D eigenvalue weighted by atomic mass is 10.2. The van der Waals surface area contributed by atoms with E-state index >= 15 is 0 Å². The van der Waals surface area contributed by atoms with Crippen LogP contribution in [0.1, 0.15) is 31.7 Å². The molecule has 110 valence electrons. The molecule has 0 saturated carbocycles. The highest BCUT2D eigenvalue weighted by Crippen LogP contribution is 2.14. The van der Waals surface area contributed by atoms with Gasteiger partial charge in [-0.15, -0.1) is 0 Å². The Morgan fingerprint density at radius 1 is 1.40 bits per heavy atom. The fourth-order valence-electron chi connectivity index (χ4n) is 1.82. The lowest BCUT2D eigenvalue weighted by molar-refractivity contribution is -0.384. The monoisotopic (exact) mass is 279 g/mol. The Hall–Kier alpha value is -2.11. The zero-order valence-corrected chi connectivity index (χ0v) is 12.0. The van der Waals surface area contributed by atoms with E-state index in [-0.39, 0.29) is 11.7 Å². The maximum Gasteiger partial charge on any atom is 0.317 e. The van der Waals surface area contributed by atoms with E-state index in [9.17, 15) is 14.9 Å². The van der Waals surface area contributed by atoms with E-state index in [2.05, 4.69) is 12.2 Å². The molecule has 0 atom stereocenters. The van der Waals surface area contributed by atoms with Crippen LogP contribution >= 0.6 is 0 Å². The van der Waals surface area contributed by atoms with Crippen LogP contribution in [0.25, 0.3) is 0 Å². The van der Waals surface area contributed by atoms with E-state index in [1.165, 1.54) is 17.0 Å². The van der Waals surface area contributed by atoms with Gasteiger partial charge in [0.05, 0.1) is 4.92 Å². The van der Waals surface area contributed by atoms with Crippen LogP contribution < -0.4 is 5.32 Å². The summed E-state index contributed by atoms with van der Waals surface area (Å²) < 4.78 is 0. The molecule has 0 aromatic heterocycles. The minimum Gasteiger partial charge on any atom is -0.338 e. The molecule has 0 saturated heterocycles. The summed E-state index contributed by atoms with van der Waals surface area (Å²) in [5.41, 5.74) is 0.782. The quantitative estimate of drug-likeness (QED) is 0.473. The van der Waals surface area contributed by atoms with Gasteiger partial charge < -0.3 is 10.2 Å². The number of hydrogen-bond donors (Lipinski definition) is 1. The van der Waals surface area contributed by atoms with Gasteiger partial charge in [0.2, 0.25) is 0 Å². The highest BCUT2D eigenvalue weighted by atomic mass is 16.6. The SMILES string of the molecule is CCCCCNC(=O)N(C)Cc1cccc([N+](=O)[O-])c1. The molecule has 0 radical (unpaired) electrons. The zero-order valence-electron chi connectivity index (χ0n) is 12.0. The fourth-order valence-corrected chi connectivity index (χ4v) is 1.82. The minimum atomic E-state index is -0.436. The third kappa shape index (κ3) is 5.26. The number of amides is 2. The van der Waals surface area contributed by atoms with Crippen molar-refractivity contribution in [3.05, 3.63) is 39.9 Å². The van der Waals surface area contributed by atoms with E-state index in [0.717, 1.165) is 24.8 Å². The van der Waals surface area contributed by atoms with Gasteiger partial charge in [-0.05, 0) is 12.0 Å². The first kappa shape index (κ1) is 15.9. The molecule has 0 bridgehead atoms. The summed E-state index contributed by atoms with van der Waals surface area (Å²) in [6.45, 7) is 3.11. The molecule has 2 amide bonds. The average molecular weight is 279 g/mol. The third-order valence-corrected chi connectivity index (χ3v) is 2.94. The molecule has 0 aliphatic heterocycles. The Morgan fingerprint density at radius 3 is 2.80 bits per heavy atom. The van der Waals surface area contributed by atoms with Gasteiger partial charge >= 0.3 is 6.03 Å². The number of nitrogens with one attached hydrogen (secondary N) is 1. The summed E-state index contributed by atoms with van der Waals surface area (Å²) in [7, 11) is 1.67. The number of carbonyl (C=O) groups excluding carboxylic acids is 1. The predicted octanol–water partition coefficient (Wildman–Crippen LogP) is 2.93. The second kappa shape index (κ2) is 8.14. The number of urea groups is 1. The van der Waals surface area contributed by atoms with Gasteiger partial charge in [-0.25, -0.2) is 4.79 Å². The summed E-state index contributed by atoms with van der Waals surface area (Å²) in [6, 6.07) is 6.16. The summed E-state index contributed by atoms with van der Waals surface area (Å²) in [5, 5.41) is 13.5. The second-order valence-corrected chi connectivity index (χ2v) is 4.72. The Morgan fingerprint density at radius 2 is 2.15 bits per heavy atom. The van der Waals surface area contributed by atoms with Crippen molar-refractivity contribution >= 4 is 11.7 Å². The number of unbranched alkanes of at least 4 members (excludes halogenated alkanes) is 2. The number of benzene rings is 1. The molecular weight excluding hydrogens is 258 g/mol. The largest absolute Gasteiger partial charge is 0.338 e. The van der Waals surface area contributed by atoms with Crippen molar-refractivity contribution in [3.63, 3.8) is 0 Å². The maximum atomic E-state index is 11.8. The number of nitrogens with zero attached hydrogens (tertiary/aromatic N) is 2. The number of nitro benzene ring substituents is 1. The number of rotatable bonds is 7. The Kier molecular flexibility index (Phi) is 6.49. The molecule has 0 heterocycles. The van der Waals surface area contributed by atoms with Gasteiger partial charge in [0, 0.05) is 32.3 Å². The van der Waals surface area contributed by atoms with E-state index in [1.807, 2.05) is 0 Å². The smallest absolute Gasteiger partial charge is 0.317 e. The van der Waals surface area contributed by atoms with E-state index in [1.54, 1.807) is 19.2 Å². The number of non-ortho nitro benzene ring substituents is 1. The van der Waals surface area contributed by atoms with Crippen LogP contribution in [-0.4, -0.2) is 29.4 Å². The second-order valence-electron chi connectivity index (χ2n) is 4.72. The van der Waals surface area contributed by atoms with Crippen molar-refractivity contribution in [2.45, 2.75) is 32.7 Å². The maximum absolute atomic E-state index is 11.8. The van der Waals surface area contributed by atoms with Crippen molar-refractivity contribution in [2.75, 3.05) is 13.6 Å². The average Bonchev–Trinajstić information content (AvgIpc) is 2.43. The lowest BCUT2D eigenvalue weighted by Gasteiger charge is -2.18. The molecule has 0 aliphatic carbocycles. The molecule has 0 spiro atoms. The predicted molar refractivity (Wildman–Crippen MR) is 77.5 cm³/mol.